The summed E-state index contributed by atoms with van der Waals surface area (Å²) in [6.45, 7) is 0. The molecule has 0 spiro atoms. The average Bonchev–Trinajstić information content (AvgIpc) is 1.57. The zero-order valence-electron chi connectivity index (χ0n) is 3.57. The number of hydrogen-bond acceptors (Lipinski definition) is 4. The fourth-order valence-corrected chi connectivity index (χ4v) is 0.751. The number of hydrogen-bond donors (Lipinski definition) is 1. The van der Waals surface area contributed by atoms with Crippen LogP contribution in [0.2, 0.25) is 0 Å². The smallest absolute Gasteiger partial charge is 0.355 e. The summed E-state index contributed by atoms with van der Waals surface area (Å²) in [6.07, 6.45) is 0. The van der Waals surface area contributed by atoms with Gasteiger partial charge in [-0.05, 0) is 12.2 Å². The number of rotatable bonds is 0. The Bertz CT molecular complexity index is 138. The molecule has 0 aromatic rings. The van der Waals surface area contributed by atoms with Crippen molar-refractivity contribution in [3.63, 3.8) is 0 Å². The third kappa shape index (κ3) is 0.944. The van der Waals surface area contributed by atoms with E-state index in [0.29, 0.717) is 5.23 Å². The molecule has 1 aliphatic rings. The molecule has 0 unspecified atom stereocenters. The molecule has 8 heavy (non-hydrogen) atoms. The topological polar surface area (TPSA) is 64.8 Å². The van der Waals surface area contributed by atoms with E-state index in [1.807, 2.05) is 0 Å². The minimum atomic E-state index is -1.68. The van der Waals surface area contributed by atoms with Crippen molar-refractivity contribution in [1.82, 2.24) is 5.23 Å². The van der Waals surface area contributed by atoms with E-state index in [0.717, 1.165) is 0 Å². The first-order chi connectivity index (χ1) is 3.70. The van der Waals surface area contributed by atoms with Crippen LogP contribution in [0.25, 0.3) is 0 Å². The summed E-state index contributed by atoms with van der Waals surface area (Å²) in [5.74, 6) is 0. The first kappa shape index (κ1) is 5.89. The highest BCUT2D eigenvalue weighted by atomic mass is 32.2. The molecule has 0 aromatic heterocycles. The predicted octanol–water partition coefficient (Wildman–Crippen LogP) is -1.01. The zero-order valence-corrected chi connectivity index (χ0v) is 5.20. The normalized spacial score (nSPS) is 20.2. The quantitative estimate of drug-likeness (QED) is 0.451. The molecule has 1 fully saturated rings. The molecule has 0 bridgehead atoms. The highest BCUT2D eigenvalue weighted by Gasteiger charge is 2.27. The molecule has 0 atom stereocenters. The van der Waals surface area contributed by atoms with E-state index >= 15 is 0 Å². The number of thiocarbonyl (C=S) groups is 1. The lowest BCUT2D eigenvalue weighted by Gasteiger charge is -2.23. The zero-order chi connectivity index (χ0) is 6.15. The first-order valence-electron chi connectivity index (χ1n) is 1.58. The third-order valence-corrected chi connectivity index (χ3v) is 1.10. The molecule has 2 N–H and O–H groups in total. The summed E-state index contributed by atoms with van der Waals surface area (Å²) in [7, 11) is 0. The van der Waals surface area contributed by atoms with Gasteiger partial charge in [0, 0.05) is 0 Å². The fraction of sp³-hybridized carbons (Fsp3) is 0. The Labute approximate surface area is 53.1 Å². The van der Waals surface area contributed by atoms with Crippen molar-refractivity contribution < 1.29 is 12.8 Å². The summed E-state index contributed by atoms with van der Waals surface area (Å²) < 4.78 is 18.4. The van der Waals surface area contributed by atoms with Gasteiger partial charge >= 0.3 is 11.4 Å². The molecule has 0 aliphatic carbocycles. The summed E-state index contributed by atoms with van der Waals surface area (Å²) in [5.41, 5.74) is 4.93. The second-order valence-electron chi connectivity index (χ2n) is 0.949. The van der Waals surface area contributed by atoms with Crippen LogP contribution >= 0.6 is 12.2 Å². The van der Waals surface area contributed by atoms with Gasteiger partial charge in [0.05, 0.1) is 0 Å². The van der Waals surface area contributed by atoms with E-state index in [4.69, 9.17) is 5.73 Å². The van der Waals surface area contributed by atoms with Crippen molar-refractivity contribution in [2.24, 2.45) is 5.73 Å². The molecule has 1 heterocycles. The molecule has 46 valence electrons. The van der Waals surface area contributed by atoms with Crippen LogP contribution in [-0.2, 0) is 19.9 Å². The molecule has 0 saturated carbocycles. The van der Waals surface area contributed by atoms with Gasteiger partial charge < -0.3 is 5.73 Å². The van der Waals surface area contributed by atoms with Gasteiger partial charge in [-0.1, -0.05) is 5.23 Å². The Balaban J connectivity index is 2.35. The number of nitrogens with zero attached hydrogens (tertiary/aromatic N) is 1. The summed E-state index contributed by atoms with van der Waals surface area (Å²) in [4.78, 5) is 0. The first-order valence-corrected chi connectivity index (χ1v) is 2.99. The molecule has 1 aliphatic heterocycles. The highest BCUT2D eigenvalue weighted by Crippen LogP contribution is 2.09. The summed E-state index contributed by atoms with van der Waals surface area (Å²) >= 11 is 2.66. The Morgan fingerprint density at radius 2 is 2.25 bits per heavy atom. The van der Waals surface area contributed by atoms with Gasteiger partial charge in [0.1, 0.15) is 0 Å². The largest absolute Gasteiger partial charge is 0.372 e. The second-order valence-corrected chi connectivity index (χ2v) is 2.07. The molecule has 7 heteroatoms. The summed E-state index contributed by atoms with van der Waals surface area (Å²) in [6, 6.07) is 0. The Hall–Kier alpha value is -0.240. The summed E-state index contributed by atoms with van der Waals surface area (Å²) in [5, 5.41) is 0.607. The Morgan fingerprint density at radius 1 is 1.75 bits per heavy atom. The second kappa shape index (κ2) is 1.94. The van der Waals surface area contributed by atoms with Crippen LogP contribution in [0.3, 0.4) is 0 Å². The van der Waals surface area contributed by atoms with E-state index in [-0.39, 0.29) is 5.11 Å². The average molecular weight is 154 g/mol. The van der Waals surface area contributed by atoms with Gasteiger partial charge in [-0.3, -0.25) is 0 Å². The fourth-order valence-electron chi connectivity index (χ4n) is 0.190. The molecule has 5 nitrogen and oxygen atoms in total. The van der Waals surface area contributed by atoms with Crippen molar-refractivity contribution in [3.8, 4) is 0 Å². The minimum Gasteiger partial charge on any atom is -0.372 e. The van der Waals surface area contributed by atoms with Gasteiger partial charge in [0.25, 0.3) is 0 Å². The maximum Gasteiger partial charge on any atom is 0.355 e. The van der Waals surface area contributed by atoms with Crippen LogP contribution in [0.5, 0.6) is 0 Å². The molecular formula is CH2N2O3S2. The van der Waals surface area contributed by atoms with Crippen LogP contribution in [0.4, 0.5) is 0 Å². The SMILES string of the molecule is NC(=S)N1OS(=O)O1. The predicted molar refractivity (Wildman–Crippen MR) is 28.9 cm³/mol. The lowest BCUT2D eigenvalue weighted by molar-refractivity contribution is -0.254. The van der Waals surface area contributed by atoms with Crippen molar-refractivity contribution in [2.45, 2.75) is 0 Å². The van der Waals surface area contributed by atoms with E-state index < -0.39 is 11.4 Å². The lowest BCUT2D eigenvalue weighted by Crippen LogP contribution is -2.44. The molecule has 1 saturated heterocycles. The molecular weight excluding hydrogens is 152 g/mol. The third-order valence-electron chi connectivity index (χ3n) is 0.437. The Morgan fingerprint density at radius 3 is 2.38 bits per heavy atom. The van der Waals surface area contributed by atoms with Crippen LogP contribution in [0.15, 0.2) is 0 Å². The maximum absolute atomic E-state index is 9.92. The van der Waals surface area contributed by atoms with Crippen molar-refractivity contribution >= 4 is 28.7 Å². The highest BCUT2D eigenvalue weighted by molar-refractivity contribution is 7.80. The number of nitrogens with two attached hydrogens (primary N) is 1. The molecule has 1 rings (SSSR count). The number of hydroxylamine groups is 2. The van der Waals surface area contributed by atoms with Crippen LogP contribution in [0.1, 0.15) is 0 Å². The monoisotopic (exact) mass is 154 g/mol. The molecule has 0 aromatic carbocycles. The van der Waals surface area contributed by atoms with E-state index in [2.05, 4.69) is 20.8 Å². The van der Waals surface area contributed by atoms with Gasteiger partial charge in [0.15, 0.2) is 0 Å². The standard InChI is InChI=1S/CH2N2O3S2/c2-1(7)3-5-8(4)6-3/h(H2,2,7). The minimum absolute atomic E-state index is 0.0930. The maximum atomic E-state index is 9.92. The van der Waals surface area contributed by atoms with Crippen LogP contribution in [-0.4, -0.2) is 14.5 Å². The van der Waals surface area contributed by atoms with Gasteiger partial charge in [-0.2, -0.15) is 4.21 Å². The van der Waals surface area contributed by atoms with Gasteiger partial charge in [-0.25, -0.2) is 0 Å². The van der Waals surface area contributed by atoms with Gasteiger partial charge in [-0.15, -0.1) is 8.57 Å². The molecule has 0 radical (unpaired) electrons. The van der Waals surface area contributed by atoms with Crippen molar-refractivity contribution in [1.29, 1.82) is 0 Å². The molecule has 0 amide bonds. The van der Waals surface area contributed by atoms with E-state index in [1.54, 1.807) is 0 Å². The van der Waals surface area contributed by atoms with Crippen LogP contribution < -0.4 is 5.73 Å². The lowest BCUT2D eigenvalue weighted by atomic mass is 11.2. The van der Waals surface area contributed by atoms with Crippen LogP contribution in [0, 0.1) is 0 Å². The van der Waals surface area contributed by atoms with E-state index in [1.165, 1.54) is 0 Å². The van der Waals surface area contributed by atoms with E-state index in [9.17, 15) is 4.21 Å². The van der Waals surface area contributed by atoms with Crippen molar-refractivity contribution in [2.75, 3.05) is 0 Å². The Kier molecular flexibility index (Phi) is 1.43. The van der Waals surface area contributed by atoms with Gasteiger partial charge in [0.2, 0.25) is 5.11 Å². The van der Waals surface area contributed by atoms with Crippen molar-refractivity contribution in [3.05, 3.63) is 0 Å².